The fourth-order valence-corrected chi connectivity index (χ4v) is 2.11. The molecule has 0 bridgehead atoms. The molecule has 23 heavy (non-hydrogen) atoms. The Kier molecular flexibility index (Phi) is 5.74. The van der Waals surface area contributed by atoms with Crippen LogP contribution in [0.3, 0.4) is 0 Å². The van der Waals surface area contributed by atoms with E-state index >= 15 is 0 Å². The molecule has 3 N–H and O–H groups in total. The molecule has 2 rings (SSSR count). The highest BCUT2D eigenvalue weighted by molar-refractivity contribution is 5.97. The molecule has 0 aromatic heterocycles. The molecular formula is C18H20N2O3. The van der Waals surface area contributed by atoms with Crippen LogP contribution in [-0.2, 0) is 4.79 Å². The van der Waals surface area contributed by atoms with Crippen molar-refractivity contribution in [2.24, 2.45) is 5.73 Å². The minimum absolute atomic E-state index is 0.325. The van der Waals surface area contributed by atoms with E-state index in [0.717, 1.165) is 12.2 Å². The maximum Gasteiger partial charge on any atom is 0.251 e. The van der Waals surface area contributed by atoms with Gasteiger partial charge in [0.2, 0.25) is 5.91 Å². The number of hydrogen-bond donors (Lipinski definition) is 2. The van der Waals surface area contributed by atoms with Crippen LogP contribution in [-0.4, -0.2) is 17.9 Å². The van der Waals surface area contributed by atoms with Gasteiger partial charge in [-0.15, -0.1) is 0 Å². The zero-order chi connectivity index (χ0) is 16.7. The molecule has 0 radical (unpaired) electrons. The van der Waals surface area contributed by atoms with E-state index in [4.69, 9.17) is 10.5 Å². The SMILES string of the molecule is CCC[C@H](NC(=O)c1ccc(Oc2ccccc2)cc1)C(N)=O. The van der Waals surface area contributed by atoms with E-state index in [1.54, 1.807) is 24.3 Å². The van der Waals surface area contributed by atoms with Crippen molar-refractivity contribution in [2.75, 3.05) is 0 Å². The van der Waals surface area contributed by atoms with E-state index in [-0.39, 0.29) is 5.91 Å². The molecule has 2 aromatic rings. The Balaban J connectivity index is 2.01. The van der Waals surface area contributed by atoms with Gasteiger partial charge < -0.3 is 15.8 Å². The van der Waals surface area contributed by atoms with Gasteiger partial charge in [0.25, 0.3) is 5.91 Å². The summed E-state index contributed by atoms with van der Waals surface area (Å²) in [6.07, 6.45) is 1.29. The lowest BCUT2D eigenvalue weighted by Crippen LogP contribution is -2.44. The van der Waals surface area contributed by atoms with Gasteiger partial charge in [-0.05, 0) is 42.8 Å². The predicted molar refractivity (Wildman–Crippen MR) is 88.3 cm³/mol. The maximum absolute atomic E-state index is 12.1. The third-order valence-electron chi connectivity index (χ3n) is 3.32. The van der Waals surface area contributed by atoms with Crippen LogP contribution >= 0.6 is 0 Å². The van der Waals surface area contributed by atoms with Crippen LogP contribution in [0, 0.1) is 0 Å². The number of nitrogens with two attached hydrogens (primary N) is 1. The highest BCUT2D eigenvalue weighted by Gasteiger charge is 2.17. The summed E-state index contributed by atoms with van der Waals surface area (Å²) in [7, 11) is 0. The average Bonchev–Trinajstić information content (AvgIpc) is 2.56. The molecular weight excluding hydrogens is 292 g/mol. The van der Waals surface area contributed by atoms with Crippen molar-refractivity contribution in [2.45, 2.75) is 25.8 Å². The van der Waals surface area contributed by atoms with Crippen LogP contribution < -0.4 is 15.8 Å². The predicted octanol–water partition coefficient (Wildman–Crippen LogP) is 2.86. The Hall–Kier alpha value is -2.82. The minimum atomic E-state index is -0.646. The first kappa shape index (κ1) is 16.5. The van der Waals surface area contributed by atoms with E-state index in [9.17, 15) is 9.59 Å². The molecule has 0 spiro atoms. The molecule has 5 heteroatoms. The van der Waals surface area contributed by atoms with Crippen LogP contribution in [0.4, 0.5) is 0 Å². The minimum Gasteiger partial charge on any atom is -0.457 e. The maximum atomic E-state index is 12.1. The topological polar surface area (TPSA) is 81.4 Å². The van der Waals surface area contributed by atoms with Crippen molar-refractivity contribution in [3.8, 4) is 11.5 Å². The Labute approximate surface area is 135 Å². The summed E-state index contributed by atoms with van der Waals surface area (Å²) in [5, 5.41) is 2.65. The molecule has 2 amide bonds. The summed E-state index contributed by atoms with van der Waals surface area (Å²) in [6.45, 7) is 1.93. The standard InChI is InChI=1S/C18H20N2O3/c1-2-6-16(17(19)21)20-18(22)13-9-11-15(12-10-13)23-14-7-4-3-5-8-14/h3-5,7-12,16H,2,6H2,1H3,(H2,19,21)(H,20,22)/t16-/m0/s1. The third kappa shape index (κ3) is 4.85. The fourth-order valence-electron chi connectivity index (χ4n) is 2.11. The van der Waals surface area contributed by atoms with Crippen molar-refractivity contribution < 1.29 is 14.3 Å². The van der Waals surface area contributed by atoms with E-state index in [0.29, 0.717) is 17.7 Å². The van der Waals surface area contributed by atoms with Gasteiger partial charge >= 0.3 is 0 Å². The number of amides is 2. The van der Waals surface area contributed by atoms with Gasteiger partial charge in [0.05, 0.1) is 0 Å². The van der Waals surface area contributed by atoms with Gasteiger partial charge in [-0.3, -0.25) is 9.59 Å². The molecule has 0 saturated carbocycles. The first-order chi connectivity index (χ1) is 11.1. The van der Waals surface area contributed by atoms with Crippen molar-refractivity contribution in [3.05, 3.63) is 60.2 Å². The summed E-state index contributed by atoms with van der Waals surface area (Å²) in [4.78, 5) is 23.4. The molecule has 120 valence electrons. The van der Waals surface area contributed by atoms with Crippen LogP contribution in [0.2, 0.25) is 0 Å². The molecule has 2 aromatic carbocycles. The normalized spacial score (nSPS) is 11.5. The summed E-state index contributed by atoms with van der Waals surface area (Å²) in [6, 6.07) is 15.4. The largest absolute Gasteiger partial charge is 0.457 e. The molecule has 5 nitrogen and oxygen atoms in total. The smallest absolute Gasteiger partial charge is 0.251 e. The first-order valence-electron chi connectivity index (χ1n) is 7.53. The Morgan fingerprint density at radius 3 is 2.22 bits per heavy atom. The monoisotopic (exact) mass is 312 g/mol. The summed E-state index contributed by atoms with van der Waals surface area (Å²) >= 11 is 0. The molecule has 1 atom stereocenters. The van der Waals surface area contributed by atoms with E-state index in [1.165, 1.54) is 0 Å². The molecule has 0 aliphatic rings. The lowest BCUT2D eigenvalue weighted by atomic mass is 10.1. The van der Waals surface area contributed by atoms with Gasteiger partial charge in [-0.2, -0.15) is 0 Å². The van der Waals surface area contributed by atoms with Crippen LogP contribution in [0.1, 0.15) is 30.1 Å². The Morgan fingerprint density at radius 2 is 1.65 bits per heavy atom. The van der Waals surface area contributed by atoms with Crippen LogP contribution in [0.25, 0.3) is 0 Å². The molecule has 0 saturated heterocycles. The number of rotatable bonds is 7. The summed E-state index contributed by atoms with van der Waals surface area (Å²) in [5.41, 5.74) is 5.74. The fraction of sp³-hybridized carbons (Fsp3) is 0.222. The number of para-hydroxylation sites is 1. The van der Waals surface area contributed by atoms with Gasteiger partial charge in [0.1, 0.15) is 17.5 Å². The van der Waals surface area contributed by atoms with Crippen molar-refractivity contribution >= 4 is 11.8 Å². The lowest BCUT2D eigenvalue weighted by molar-refractivity contribution is -0.120. The lowest BCUT2D eigenvalue weighted by Gasteiger charge is -2.14. The Morgan fingerprint density at radius 1 is 1.04 bits per heavy atom. The highest BCUT2D eigenvalue weighted by atomic mass is 16.5. The van der Waals surface area contributed by atoms with Gasteiger partial charge in [-0.1, -0.05) is 31.5 Å². The molecule has 0 aliphatic carbocycles. The van der Waals surface area contributed by atoms with E-state index < -0.39 is 11.9 Å². The number of ether oxygens (including phenoxy) is 1. The molecule has 0 fully saturated rings. The van der Waals surface area contributed by atoms with Gasteiger partial charge in [-0.25, -0.2) is 0 Å². The second-order valence-electron chi connectivity index (χ2n) is 5.16. The van der Waals surface area contributed by atoms with Crippen molar-refractivity contribution in [1.29, 1.82) is 0 Å². The van der Waals surface area contributed by atoms with E-state index in [2.05, 4.69) is 5.32 Å². The highest BCUT2D eigenvalue weighted by Crippen LogP contribution is 2.21. The van der Waals surface area contributed by atoms with Crippen molar-refractivity contribution in [3.63, 3.8) is 0 Å². The molecule has 0 heterocycles. The number of hydrogen-bond acceptors (Lipinski definition) is 3. The number of nitrogens with one attached hydrogen (secondary N) is 1. The molecule has 0 unspecified atom stereocenters. The van der Waals surface area contributed by atoms with Crippen molar-refractivity contribution in [1.82, 2.24) is 5.32 Å². The van der Waals surface area contributed by atoms with E-state index in [1.807, 2.05) is 37.3 Å². The second kappa shape index (κ2) is 7.98. The first-order valence-corrected chi connectivity index (χ1v) is 7.53. The number of benzene rings is 2. The van der Waals surface area contributed by atoms with Crippen LogP contribution in [0.5, 0.6) is 11.5 Å². The third-order valence-corrected chi connectivity index (χ3v) is 3.32. The Bertz CT molecular complexity index is 654. The number of primary amides is 1. The molecule has 0 aliphatic heterocycles. The van der Waals surface area contributed by atoms with Crippen LogP contribution in [0.15, 0.2) is 54.6 Å². The van der Waals surface area contributed by atoms with Gasteiger partial charge in [0.15, 0.2) is 0 Å². The second-order valence-corrected chi connectivity index (χ2v) is 5.16. The quantitative estimate of drug-likeness (QED) is 0.825. The summed E-state index contributed by atoms with van der Waals surface area (Å²) in [5.74, 6) is 0.506. The zero-order valence-electron chi connectivity index (χ0n) is 13.0. The summed E-state index contributed by atoms with van der Waals surface area (Å²) < 4.78 is 5.67. The number of carbonyl (C=O) groups excluding carboxylic acids is 2. The van der Waals surface area contributed by atoms with Gasteiger partial charge in [0, 0.05) is 5.56 Å². The average molecular weight is 312 g/mol. The number of carbonyl (C=O) groups is 2. The zero-order valence-corrected chi connectivity index (χ0v) is 13.0.